The van der Waals surface area contributed by atoms with Crippen LogP contribution in [0.15, 0.2) is 17.1 Å². The fraction of sp³-hybridized carbons (Fsp3) is 0.826. The molecule has 1 saturated heterocycles. The maximum absolute atomic E-state index is 8.21. The lowest BCUT2D eigenvalue weighted by atomic mass is 9.88. The highest BCUT2D eigenvalue weighted by molar-refractivity contribution is 5.85. The van der Waals surface area contributed by atoms with Gasteiger partial charge in [0.2, 0.25) is 0 Å². The van der Waals surface area contributed by atoms with E-state index in [9.17, 15) is 0 Å². The largest absolute Gasteiger partial charge is 0.387 e. The van der Waals surface area contributed by atoms with Crippen LogP contribution in [-0.2, 0) is 0 Å². The van der Waals surface area contributed by atoms with Gasteiger partial charge in [0.1, 0.15) is 0 Å². The van der Waals surface area contributed by atoms with Gasteiger partial charge in [-0.25, -0.2) is 0 Å². The van der Waals surface area contributed by atoms with Crippen molar-refractivity contribution in [3.05, 3.63) is 12.2 Å². The quantitative estimate of drug-likeness (QED) is 0.497. The Bertz CT molecular complexity index is 549. The molecule has 2 aliphatic heterocycles. The molecule has 154 valence electrons. The first-order valence-electron chi connectivity index (χ1n) is 11.0. The van der Waals surface area contributed by atoms with E-state index in [2.05, 4.69) is 64.0 Å². The van der Waals surface area contributed by atoms with Crippen molar-refractivity contribution >= 4 is 11.7 Å². The van der Waals surface area contributed by atoms with Crippen LogP contribution in [0.25, 0.3) is 0 Å². The zero-order valence-electron chi connectivity index (χ0n) is 18.3. The molecule has 2 heterocycles. The minimum Gasteiger partial charge on any atom is -0.387 e. The summed E-state index contributed by atoms with van der Waals surface area (Å²) in [6, 6.07) is 0.861. The van der Waals surface area contributed by atoms with Gasteiger partial charge in [-0.1, -0.05) is 53.7 Å². The Balaban J connectivity index is 1.75. The summed E-state index contributed by atoms with van der Waals surface area (Å²) in [7, 11) is 0. The number of nitrogens with one attached hydrogen (secondary N) is 2. The molecule has 2 aliphatic rings. The van der Waals surface area contributed by atoms with Crippen LogP contribution < -0.4 is 11.1 Å². The van der Waals surface area contributed by atoms with E-state index in [1.54, 1.807) is 0 Å². The Hall–Kier alpha value is -1.32. The average Bonchev–Trinajstić information content (AvgIpc) is 3.11. The monoisotopic (exact) mass is 374 g/mol. The molecule has 4 heteroatoms. The number of rotatable bonds is 9. The maximum Gasteiger partial charge on any atom is 0.0972 e. The van der Waals surface area contributed by atoms with Gasteiger partial charge in [-0.3, -0.25) is 10.4 Å². The number of allylic oxidation sites excluding steroid dienone is 2. The molecule has 2 rings (SSSR count). The Morgan fingerprint density at radius 2 is 1.81 bits per heavy atom. The van der Waals surface area contributed by atoms with Crippen LogP contribution in [0, 0.1) is 40.9 Å². The van der Waals surface area contributed by atoms with Crippen LogP contribution in [-0.4, -0.2) is 23.8 Å². The molecule has 0 aliphatic carbocycles. The first kappa shape index (κ1) is 22.0. The van der Waals surface area contributed by atoms with E-state index in [1.807, 2.05) is 0 Å². The van der Waals surface area contributed by atoms with Crippen molar-refractivity contribution in [1.29, 1.82) is 5.41 Å². The summed E-state index contributed by atoms with van der Waals surface area (Å²) >= 11 is 0. The molecule has 4 nitrogen and oxygen atoms in total. The molecule has 1 fully saturated rings. The highest BCUT2D eigenvalue weighted by Gasteiger charge is 2.32. The molecule has 0 amide bonds. The molecule has 27 heavy (non-hydrogen) atoms. The molecule has 0 aromatic heterocycles. The third kappa shape index (κ3) is 6.36. The van der Waals surface area contributed by atoms with E-state index in [4.69, 9.17) is 11.1 Å². The minimum absolute atomic E-state index is 0.411. The van der Waals surface area contributed by atoms with Gasteiger partial charge < -0.3 is 11.1 Å². The molecule has 0 bridgehead atoms. The molecular formula is C23H42N4. The second kappa shape index (κ2) is 9.75. The van der Waals surface area contributed by atoms with Crippen LogP contribution in [0.2, 0.25) is 0 Å². The van der Waals surface area contributed by atoms with Crippen LogP contribution in [0.1, 0.15) is 73.6 Å². The first-order valence-corrected chi connectivity index (χ1v) is 11.0. The fourth-order valence-electron chi connectivity index (χ4n) is 4.58. The highest BCUT2D eigenvalue weighted by atomic mass is 15.0. The summed E-state index contributed by atoms with van der Waals surface area (Å²) in [5.74, 6) is 4.84. The number of nitrogens with two attached hydrogens (primary N) is 1. The van der Waals surface area contributed by atoms with Crippen molar-refractivity contribution in [2.75, 3.05) is 0 Å². The summed E-state index contributed by atoms with van der Waals surface area (Å²) in [5.41, 5.74) is 6.17. The fourth-order valence-corrected chi connectivity index (χ4v) is 4.58. The SMILES string of the molecule is CC(C)CC1CC(C(C)C/C=C\C(C)CC2CC(C(C)C)N=C2N)NC1=N. The zero-order chi connectivity index (χ0) is 20.1. The smallest absolute Gasteiger partial charge is 0.0972 e. The van der Waals surface area contributed by atoms with Crippen molar-refractivity contribution in [2.24, 2.45) is 46.2 Å². The molecule has 0 aromatic carbocycles. The number of nitrogens with zero attached hydrogens (tertiary/aromatic N) is 1. The van der Waals surface area contributed by atoms with E-state index in [1.165, 1.54) is 0 Å². The van der Waals surface area contributed by atoms with Crippen molar-refractivity contribution in [1.82, 2.24) is 5.32 Å². The van der Waals surface area contributed by atoms with Crippen LogP contribution >= 0.6 is 0 Å². The first-order chi connectivity index (χ1) is 12.7. The summed E-state index contributed by atoms with van der Waals surface area (Å²) in [4.78, 5) is 4.66. The minimum atomic E-state index is 0.411. The Labute approximate surface area is 167 Å². The summed E-state index contributed by atoms with van der Waals surface area (Å²) < 4.78 is 0. The molecule has 0 spiro atoms. The van der Waals surface area contributed by atoms with Gasteiger partial charge >= 0.3 is 0 Å². The number of amidine groups is 2. The number of aliphatic imine (C=N–C) groups is 1. The normalized spacial score (nSPS) is 31.0. The van der Waals surface area contributed by atoms with Gasteiger partial charge in [-0.15, -0.1) is 0 Å². The predicted octanol–water partition coefficient (Wildman–Crippen LogP) is 5.00. The lowest BCUT2D eigenvalue weighted by Gasteiger charge is -2.19. The standard InChI is InChI=1S/C23H42N4/c1-14(2)10-18-13-21(27-22(18)24)17(6)9-7-8-16(5)11-19-12-20(15(3)4)26-23(19)25/h7-8,14-21H,9-13H2,1-6H3,(H2,24,27)(H2,25,26)/b8-7-. The molecule has 6 unspecified atom stereocenters. The third-order valence-electron chi connectivity index (χ3n) is 6.39. The van der Waals surface area contributed by atoms with E-state index >= 15 is 0 Å². The summed E-state index contributed by atoms with van der Waals surface area (Å²) in [6.07, 6.45) is 10.2. The number of hydrogen-bond acceptors (Lipinski definition) is 3. The lowest BCUT2D eigenvalue weighted by Crippen LogP contribution is -2.31. The number of hydrogen-bond donors (Lipinski definition) is 3. The van der Waals surface area contributed by atoms with Crippen LogP contribution in [0.5, 0.6) is 0 Å². The molecule has 0 saturated carbocycles. The van der Waals surface area contributed by atoms with Crippen molar-refractivity contribution in [2.45, 2.75) is 85.7 Å². The summed E-state index contributed by atoms with van der Waals surface area (Å²) in [6.45, 7) is 13.6. The van der Waals surface area contributed by atoms with Gasteiger partial charge in [0.15, 0.2) is 0 Å². The van der Waals surface area contributed by atoms with Crippen molar-refractivity contribution < 1.29 is 0 Å². The summed E-state index contributed by atoms with van der Waals surface area (Å²) in [5, 5.41) is 11.7. The third-order valence-corrected chi connectivity index (χ3v) is 6.39. The topological polar surface area (TPSA) is 74.3 Å². The second-order valence-corrected chi connectivity index (χ2v) is 9.88. The Morgan fingerprint density at radius 1 is 1.11 bits per heavy atom. The van der Waals surface area contributed by atoms with Gasteiger partial charge in [-0.2, -0.15) is 0 Å². The van der Waals surface area contributed by atoms with E-state index in [0.717, 1.165) is 43.8 Å². The Morgan fingerprint density at radius 3 is 2.41 bits per heavy atom. The van der Waals surface area contributed by atoms with Crippen molar-refractivity contribution in [3.63, 3.8) is 0 Å². The van der Waals surface area contributed by atoms with Gasteiger partial charge in [0, 0.05) is 17.9 Å². The predicted molar refractivity (Wildman–Crippen MR) is 117 cm³/mol. The van der Waals surface area contributed by atoms with E-state index in [0.29, 0.717) is 47.6 Å². The zero-order valence-corrected chi connectivity index (χ0v) is 18.3. The maximum atomic E-state index is 8.21. The highest BCUT2D eigenvalue weighted by Crippen LogP contribution is 2.30. The molecule has 0 aromatic rings. The van der Waals surface area contributed by atoms with E-state index in [-0.39, 0.29) is 0 Å². The average molecular weight is 375 g/mol. The van der Waals surface area contributed by atoms with E-state index < -0.39 is 0 Å². The molecule has 6 atom stereocenters. The molecular weight excluding hydrogens is 332 g/mol. The molecule has 4 N–H and O–H groups in total. The van der Waals surface area contributed by atoms with Gasteiger partial charge in [0.05, 0.1) is 17.7 Å². The van der Waals surface area contributed by atoms with Gasteiger partial charge in [-0.05, 0) is 55.8 Å². The lowest BCUT2D eigenvalue weighted by molar-refractivity contribution is 0.391. The second-order valence-electron chi connectivity index (χ2n) is 9.88. The van der Waals surface area contributed by atoms with Gasteiger partial charge in [0.25, 0.3) is 0 Å². The van der Waals surface area contributed by atoms with Crippen LogP contribution in [0.3, 0.4) is 0 Å². The molecule has 0 radical (unpaired) electrons. The van der Waals surface area contributed by atoms with Crippen LogP contribution in [0.4, 0.5) is 0 Å². The van der Waals surface area contributed by atoms with Crippen molar-refractivity contribution in [3.8, 4) is 0 Å². The Kier molecular flexibility index (Phi) is 7.93.